The number of sulfonamides is 1. The van der Waals surface area contributed by atoms with Crippen molar-refractivity contribution in [3.63, 3.8) is 0 Å². The van der Waals surface area contributed by atoms with E-state index < -0.39 is 15.3 Å². The minimum Gasteiger partial charge on any atom is -0.265 e. The van der Waals surface area contributed by atoms with Crippen molar-refractivity contribution in [2.45, 2.75) is 25.6 Å². The summed E-state index contributed by atoms with van der Waals surface area (Å²) in [7, 11) is -3.17. The van der Waals surface area contributed by atoms with Crippen molar-refractivity contribution >= 4 is 10.0 Å². The molecule has 0 bridgehead atoms. The molecule has 0 saturated carbocycles. The molecule has 0 aliphatic heterocycles. The SMILES string of the molecule is CC(C)S(=O)(=O)NCc1ccncc1. The number of hydrogen-bond donors (Lipinski definition) is 1. The van der Waals surface area contributed by atoms with Crippen LogP contribution in [-0.4, -0.2) is 18.7 Å². The van der Waals surface area contributed by atoms with Crippen LogP contribution in [0.15, 0.2) is 24.5 Å². The zero-order chi connectivity index (χ0) is 10.6. The van der Waals surface area contributed by atoms with Gasteiger partial charge in [0.2, 0.25) is 10.0 Å². The van der Waals surface area contributed by atoms with E-state index in [-0.39, 0.29) is 0 Å². The summed E-state index contributed by atoms with van der Waals surface area (Å²) in [6.07, 6.45) is 3.28. The van der Waals surface area contributed by atoms with Crippen molar-refractivity contribution in [2.75, 3.05) is 0 Å². The summed E-state index contributed by atoms with van der Waals surface area (Å²) < 4.78 is 25.3. The van der Waals surface area contributed by atoms with E-state index in [1.807, 2.05) is 0 Å². The van der Waals surface area contributed by atoms with Crippen LogP contribution in [0.4, 0.5) is 0 Å². The van der Waals surface area contributed by atoms with Gasteiger partial charge in [-0.3, -0.25) is 4.98 Å². The van der Waals surface area contributed by atoms with Gasteiger partial charge < -0.3 is 0 Å². The smallest absolute Gasteiger partial charge is 0.214 e. The molecule has 1 aromatic rings. The molecule has 1 aromatic heterocycles. The van der Waals surface area contributed by atoms with Crippen molar-refractivity contribution in [2.24, 2.45) is 0 Å². The van der Waals surface area contributed by atoms with Crippen LogP contribution in [0.5, 0.6) is 0 Å². The third kappa shape index (κ3) is 3.08. The molecule has 0 atom stereocenters. The summed E-state index contributed by atoms with van der Waals surface area (Å²) in [6.45, 7) is 3.62. The number of hydrogen-bond acceptors (Lipinski definition) is 3. The number of pyridine rings is 1. The first-order chi connectivity index (χ1) is 6.52. The van der Waals surface area contributed by atoms with Gasteiger partial charge in [0.05, 0.1) is 5.25 Å². The highest BCUT2D eigenvalue weighted by atomic mass is 32.2. The topological polar surface area (TPSA) is 59.1 Å². The summed E-state index contributed by atoms with van der Waals surface area (Å²) in [5, 5.41) is -0.399. The van der Waals surface area contributed by atoms with E-state index in [1.165, 1.54) is 0 Å². The Hall–Kier alpha value is -0.940. The monoisotopic (exact) mass is 214 g/mol. The van der Waals surface area contributed by atoms with E-state index in [2.05, 4.69) is 9.71 Å². The largest absolute Gasteiger partial charge is 0.265 e. The second kappa shape index (κ2) is 4.52. The van der Waals surface area contributed by atoms with E-state index in [4.69, 9.17) is 0 Å². The molecule has 78 valence electrons. The van der Waals surface area contributed by atoms with E-state index in [0.717, 1.165) is 5.56 Å². The maximum Gasteiger partial charge on any atom is 0.214 e. The minimum absolute atomic E-state index is 0.322. The Morgan fingerprint density at radius 2 is 1.93 bits per heavy atom. The zero-order valence-corrected chi connectivity index (χ0v) is 9.08. The number of rotatable bonds is 4. The van der Waals surface area contributed by atoms with E-state index in [1.54, 1.807) is 38.4 Å². The molecule has 0 fully saturated rings. The van der Waals surface area contributed by atoms with Crippen LogP contribution in [0.25, 0.3) is 0 Å². The summed E-state index contributed by atoms with van der Waals surface area (Å²) >= 11 is 0. The van der Waals surface area contributed by atoms with E-state index >= 15 is 0 Å². The number of nitrogens with one attached hydrogen (secondary N) is 1. The molecule has 0 aliphatic rings. The lowest BCUT2D eigenvalue weighted by Crippen LogP contribution is -2.30. The molecular weight excluding hydrogens is 200 g/mol. The van der Waals surface area contributed by atoms with Crippen LogP contribution in [0.3, 0.4) is 0 Å². The third-order valence-electron chi connectivity index (χ3n) is 1.85. The Bertz CT molecular complexity index is 373. The first-order valence-electron chi connectivity index (χ1n) is 4.40. The van der Waals surface area contributed by atoms with Crippen LogP contribution >= 0.6 is 0 Å². The van der Waals surface area contributed by atoms with Crippen LogP contribution < -0.4 is 4.72 Å². The van der Waals surface area contributed by atoms with Crippen molar-refractivity contribution < 1.29 is 8.42 Å². The molecule has 0 amide bonds. The molecule has 0 spiro atoms. The predicted molar refractivity (Wildman–Crippen MR) is 55.1 cm³/mol. The minimum atomic E-state index is -3.17. The summed E-state index contributed by atoms with van der Waals surface area (Å²) in [5.74, 6) is 0. The van der Waals surface area contributed by atoms with Gasteiger partial charge in [0.15, 0.2) is 0 Å². The van der Waals surface area contributed by atoms with Gasteiger partial charge in [-0.05, 0) is 31.5 Å². The second-order valence-corrected chi connectivity index (χ2v) is 5.59. The van der Waals surface area contributed by atoms with Gasteiger partial charge in [0.25, 0.3) is 0 Å². The van der Waals surface area contributed by atoms with Crippen LogP contribution in [0, 0.1) is 0 Å². The molecule has 5 heteroatoms. The molecule has 1 N–H and O–H groups in total. The van der Waals surface area contributed by atoms with E-state index in [0.29, 0.717) is 6.54 Å². The fraction of sp³-hybridized carbons (Fsp3) is 0.444. The number of aromatic nitrogens is 1. The van der Waals surface area contributed by atoms with E-state index in [9.17, 15) is 8.42 Å². The standard InChI is InChI=1S/C9H14N2O2S/c1-8(2)14(12,13)11-7-9-3-5-10-6-4-9/h3-6,8,11H,7H2,1-2H3. The predicted octanol–water partition coefficient (Wildman–Crippen LogP) is 0.909. The van der Waals surface area contributed by atoms with Gasteiger partial charge in [-0.2, -0.15) is 0 Å². The summed E-state index contributed by atoms with van der Waals surface area (Å²) in [4.78, 5) is 3.85. The van der Waals surface area contributed by atoms with Crippen molar-refractivity contribution in [3.8, 4) is 0 Å². The highest BCUT2D eigenvalue weighted by Gasteiger charge is 2.14. The first-order valence-corrected chi connectivity index (χ1v) is 5.94. The maximum atomic E-state index is 11.4. The summed E-state index contributed by atoms with van der Waals surface area (Å²) in [5.41, 5.74) is 0.907. The fourth-order valence-corrected chi connectivity index (χ4v) is 1.55. The molecule has 0 unspecified atom stereocenters. The van der Waals surface area contributed by atoms with Gasteiger partial charge in [-0.25, -0.2) is 13.1 Å². The fourth-order valence-electron chi connectivity index (χ4n) is 0.851. The Balaban J connectivity index is 2.58. The molecule has 0 aromatic carbocycles. The van der Waals surface area contributed by atoms with Gasteiger partial charge >= 0.3 is 0 Å². The molecular formula is C9H14N2O2S. The third-order valence-corrected chi connectivity index (χ3v) is 3.64. The molecule has 0 saturated heterocycles. The van der Waals surface area contributed by atoms with Crippen molar-refractivity contribution in [3.05, 3.63) is 30.1 Å². The Morgan fingerprint density at radius 1 is 1.36 bits per heavy atom. The Morgan fingerprint density at radius 3 is 2.43 bits per heavy atom. The molecule has 0 aliphatic carbocycles. The molecule has 14 heavy (non-hydrogen) atoms. The lowest BCUT2D eigenvalue weighted by Gasteiger charge is -2.08. The average molecular weight is 214 g/mol. The number of nitrogens with zero attached hydrogens (tertiary/aromatic N) is 1. The lowest BCUT2D eigenvalue weighted by atomic mass is 10.3. The molecule has 1 rings (SSSR count). The highest BCUT2D eigenvalue weighted by Crippen LogP contribution is 2.00. The van der Waals surface area contributed by atoms with Gasteiger partial charge in [-0.15, -0.1) is 0 Å². The second-order valence-electron chi connectivity index (χ2n) is 3.27. The zero-order valence-electron chi connectivity index (χ0n) is 8.27. The van der Waals surface area contributed by atoms with Crippen LogP contribution in [0.1, 0.15) is 19.4 Å². The Labute approximate surface area is 84.4 Å². The highest BCUT2D eigenvalue weighted by molar-refractivity contribution is 7.90. The van der Waals surface area contributed by atoms with Crippen molar-refractivity contribution in [1.82, 2.24) is 9.71 Å². The Kier molecular flexibility index (Phi) is 3.60. The van der Waals surface area contributed by atoms with Crippen molar-refractivity contribution in [1.29, 1.82) is 0 Å². The maximum absolute atomic E-state index is 11.4. The van der Waals surface area contributed by atoms with Gasteiger partial charge in [0.1, 0.15) is 0 Å². The molecule has 4 nitrogen and oxygen atoms in total. The van der Waals surface area contributed by atoms with Gasteiger partial charge in [0, 0.05) is 18.9 Å². The molecule has 1 heterocycles. The summed E-state index contributed by atoms with van der Waals surface area (Å²) in [6, 6.07) is 3.56. The van der Waals surface area contributed by atoms with Gasteiger partial charge in [-0.1, -0.05) is 0 Å². The first kappa shape index (κ1) is 11.1. The lowest BCUT2D eigenvalue weighted by molar-refractivity contribution is 0.572. The molecule has 0 radical (unpaired) electrons. The average Bonchev–Trinajstić information content (AvgIpc) is 2.16. The van der Waals surface area contributed by atoms with Crippen LogP contribution in [0.2, 0.25) is 0 Å². The quantitative estimate of drug-likeness (QED) is 0.810. The van der Waals surface area contributed by atoms with Crippen LogP contribution in [-0.2, 0) is 16.6 Å². The normalized spacial score (nSPS) is 11.9.